The lowest BCUT2D eigenvalue weighted by atomic mass is 10.1. The standard InChI is InChI=1S/C21H20N2O4/c1-3-26-17-11-9-16(10-12-17)20(24)14(2)27-21(25)19-13-18(22-23-19)15-7-5-4-6-8-15/h4-14H,3H2,1-2H3,(H,22,23)/t14-/m1/s1. The summed E-state index contributed by atoms with van der Waals surface area (Å²) in [6.07, 6.45) is -0.918. The molecule has 0 spiro atoms. The topological polar surface area (TPSA) is 81.3 Å². The van der Waals surface area contributed by atoms with Gasteiger partial charge in [0.15, 0.2) is 6.10 Å². The fourth-order valence-corrected chi connectivity index (χ4v) is 2.58. The quantitative estimate of drug-likeness (QED) is 0.508. The van der Waals surface area contributed by atoms with Crippen molar-refractivity contribution in [2.75, 3.05) is 6.61 Å². The van der Waals surface area contributed by atoms with Crippen LogP contribution in [0.2, 0.25) is 0 Å². The molecule has 0 bridgehead atoms. The number of ether oxygens (including phenoxy) is 2. The van der Waals surface area contributed by atoms with Crippen LogP contribution < -0.4 is 4.74 Å². The molecule has 1 atom stereocenters. The van der Waals surface area contributed by atoms with Gasteiger partial charge in [-0.15, -0.1) is 0 Å². The molecular formula is C21H20N2O4. The lowest BCUT2D eigenvalue weighted by Gasteiger charge is -2.12. The van der Waals surface area contributed by atoms with Gasteiger partial charge in [0, 0.05) is 11.1 Å². The number of benzene rings is 2. The number of hydrogen-bond donors (Lipinski definition) is 1. The Morgan fingerprint density at radius 1 is 1.07 bits per heavy atom. The molecule has 0 aliphatic heterocycles. The van der Waals surface area contributed by atoms with E-state index in [0.717, 1.165) is 5.56 Å². The molecule has 138 valence electrons. The van der Waals surface area contributed by atoms with Crippen molar-refractivity contribution in [2.24, 2.45) is 0 Å². The monoisotopic (exact) mass is 364 g/mol. The van der Waals surface area contributed by atoms with E-state index < -0.39 is 12.1 Å². The maximum atomic E-state index is 12.5. The van der Waals surface area contributed by atoms with Crippen LogP contribution in [0.5, 0.6) is 5.75 Å². The van der Waals surface area contributed by atoms with E-state index in [4.69, 9.17) is 9.47 Å². The van der Waals surface area contributed by atoms with Gasteiger partial charge in [-0.3, -0.25) is 9.89 Å². The van der Waals surface area contributed by atoms with E-state index in [1.54, 1.807) is 37.3 Å². The van der Waals surface area contributed by atoms with Gasteiger partial charge in [-0.05, 0) is 44.2 Å². The summed E-state index contributed by atoms with van der Waals surface area (Å²) in [5.41, 5.74) is 2.16. The van der Waals surface area contributed by atoms with Gasteiger partial charge in [0.2, 0.25) is 5.78 Å². The second-order valence-electron chi connectivity index (χ2n) is 5.90. The number of carbonyl (C=O) groups is 2. The Hall–Kier alpha value is -3.41. The van der Waals surface area contributed by atoms with Gasteiger partial charge < -0.3 is 9.47 Å². The molecule has 3 aromatic rings. The van der Waals surface area contributed by atoms with Crippen LogP contribution in [0.25, 0.3) is 11.3 Å². The van der Waals surface area contributed by atoms with Crippen LogP contribution in [-0.4, -0.2) is 34.7 Å². The average molecular weight is 364 g/mol. The van der Waals surface area contributed by atoms with Crippen molar-refractivity contribution in [1.82, 2.24) is 10.2 Å². The van der Waals surface area contributed by atoms with Crippen LogP contribution in [0.15, 0.2) is 60.7 Å². The number of ketones is 1. The summed E-state index contributed by atoms with van der Waals surface area (Å²) in [4.78, 5) is 24.8. The maximum absolute atomic E-state index is 12.5. The summed E-state index contributed by atoms with van der Waals surface area (Å²) >= 11 is 0. The van der Waals surface area contributed by atoms with Gasteiger partial charge in [0.05, 0.1) is 12.3 Å². The van der Waals surface area contributed by atoms with Crippen LogP contribution in [0.4, 0.5) is 0 Å². The second-order valence-corrected chi connectivity index (χ2v) is 5.90. The summed E-state index contributed by atoms with van der Waals surface area (Å²) in [5.74, 6) is -0.227. The number of hydrogen-bond acceptors (Lipinski definition) is 5. The van der Waals surface area contributed by atoms with Crippen LogP contribution in [0.1, 0.15) is 34.7 Å². The summed E-state index contributed by atoms with van der Waals surface area (Å²) in [6, 6.07) is 17.8. The Labute approximate surface area is 157 Å². The minimum absolute atomic E-state index is 0.195. The number of rotatable bonds is 7. The molecule has 27 heavy (non-hydrogen) atoms. The average Bonchev–Trinajstić information content (AvgIpc) is 3.19. The number of Topliss-reactive ketones (excluding diaryl/α,β-unsaturated/α-hetero) is 1. The van der Waals surface area contributed by atoms with Gasteiger partial charge in [0.1, 0.15) is 11.4 Å². The first kappa shape index (κ1) is 18.4. The highest BCUT2D eigenvalue weighted by Gasteiger charge is 2.22. The third kappa shape index (κ3) is 4.41. The molecule has 0 saturated carbocycles. The van der Waals surface area contributed by atoms with Crippen LogP contribution >= 0.6 is 0 Å². The molecule has 1 heterocycles. The predicted molar refractivity (Wildman–Crippen MR) is 101 cm³/mol. The minimum Gasteiger partial charge on any atom is -0.494 e. The Morgan fingerprint density at radius 3 is 2.44 bits per heavy atom. The summed E-state index contributed by atoms with van der Waals surface area (Å²) in [7, 11) is 0. The van der Waals surface area contributed by atoms with Gasteiger partial charge >= 0.3 is 5.97 Å². The van der Waals surface area contributed by atoms with Crippen molar-refractivity contribution in [3.05, 3.63) is 71.9 Å². The van der Waals surface area contributed by atoms with Gasteiger partial charge in [-0.2, -0.15) is 5.10 Å². The Bertz CT molecular complexity index is 917. The predicted octanol–water partition coefficient (Wildman–Crippen LogP) is 3.90. The van der Waals surface area contributed by atoms with E-state index in [-0.39, 0.29) is 11.5 Å². The molecule has 2 aromatic carbocycles. The molecule has 0 unspecified atom stereocenters. The van der Waals surface area contributed by atoms with E-state index in [9.17, 15) is 9.59 Å². The van der Waals surface area contributed by atoms with E-state index >= 15 is 0 Å². The second kappa shape index (κ2) is 8.31. The molecule has 0 aliphatic carbocycles. The number of carbonyl (C=O) groups excluding carboxylic acids is 2. The number of esters is 1. The maximum Gasteiger partial charge on any atom is 0.357 e. The third-order valence-electron chi connectivity index (χ3n) is 3.97. The molecule has 0 fully saturated rings. The van der Waals surface area contributed by atoms with Crippen LogP contribution in [0.3, 0.4) is 0 Å². The molecule has 1 N–H and O–H groups in total. The first-order chi connectivity index (χ1) is 13.1. The number of nitrogens with zero attached hydrogens (tertiary/aromatic N) is 1. The number of nitrogens with one attached hydrogen (secondary N) is 1. The minimum atomic E-state index is -0.918. The van der Waals surface area contributed by atoms with Crippen molar-refractivity contribution in [1.29, 1.82) is 0 Å². The Balaban J connectivity index is 1.65. The van der Waals surface area contributed by atoms with E-state index in [0.29, 0.717) is 23.6 Å². The zero-order valence-corrected chi connectivity index (χ0v) is 15.1. The Kier molecular flexibility index (Phi) is 5.66. The van der Waals surface area contributed by atoms with Gasteiger partial charge in [-0.1, -0.05) is 30.3 Å². The Morgan fingerprint density at radius 2 is 1.78 bits per heavy atom. The molecule has 3 rings (SSSR count). The summed E-state index contributed by atoms with van der Waals surface area (Å²) in [6.45, 7) is 3.99. The van der Waals surface area contributed by atoms with Crippen LogP contribution in [0, 0.1) is 0 Å². The molecular weight excluding hydrogens is 344 g/mol. The normalized spacial score (nSPS) is 11.6. The fraction of sp³-hybridized carbons (Fsp3) is 0.190. The molecule has 0 radical (unpaired) electrons. The zero-order chi connectivity index (χ0) is 19.2. The van der Waals surface area contributed by atoms with E-state index in [1.165, 1.54) is 0 Å². The van der Waals surface area contributed by atoms with Crippen molar-refractivity contribution in [3.8, 4) is 17.0 Å². The van der Waals surface area contributed by atoms with Crippen molar-refractivity contribution in [2.45, 2.75) is 20.0 Å². The third-order valence-corrected chi connectivity index (χ3v) is 3.97. The van der Waals surface area contributed by atoms with Crippen molar-refractivity contribution >= 4 is 11.8 Å². The highest BCUT2D eigenvalue weighted by molar-refractivity contribution is 6.01. The largest absolute Gasteiger partial charge is 0.494 e. The van der Waals surface area contributed by atoms with Crippen LogP contribution in [-0.2, 0) is 4.74 Å². The lowest BCUT2D eigenvalue weighted by Crippen LogP contribution is -2.24. The molecule has 6 nitrogen and oxygen atoms in total. The van der Waals surface area contributed by atoms with Gasteiger partial charge in [-0.25, -0.2) is 4.79 Å². The van der Waals surface area contributed by atoms with Crippen molar-refractivity contribution in [3.63, 3.8) is 0 Å². The summed E-state index contributed by atoms with van der Waals surface area (Å²) < 4.78 is 10.6. The molecule has 0 aliphatic rings. The summed E-state index contributed by atoms with van der Waals surface area (Å²) in [5, 5.41) is 6.78. The molecule has 0 saturated heterocycles. The first-order valence-corrected chi connectivity index (χ1v) is 8.67. The highest BCUT2D eigenvalue weighted by Crippen LogP contribution is 2.18. The van der Waals surface area contributed by atoms with Gasteiger partial charge in [0.25, 0.3) is 0 Å². The number of H-pyrrole nitrogens is 1. The highest BCUT2D eigenvalue weighted by atomic mass is 16.5. The number of aromatic nitrogens is 2. The fourth-order valence-electron chi connectivity index (χ4n) is 2.58. The number of aromatic amines is 1. The first-order valence-electron chi connectivity index (χ1n) is 8.67. The zero-order valence-electron chi connectivity index (χ0n) is 15.1. The van der Waals surface area contributed by atoms with E-state index in [1.807, 2.05) is 37.3 Å². The molecule has 0 amide bonds. The molecule has 1 aromatic heterocycles. The lowest BCUT2D eigenvalue weighted by molar-refractivity contribution is 0.0313. The van der Waals surface area contributed by atoms with Crippen molar-refractivity contribution < 1.29 is 19.1 Å². The van der Waals surface area contributed by atoms with E-state index in [2.05, 4.69) is 10.2 Å². The smallest absolute Gasteiger partial charge is 0.357 e. The molecule has 6 heteroatoms. The SMILES string of the molecule is CCOc1ccc(C(=O)[C@@H](C)OC(=O)c2cc(-c3ccccc3)n[nH]2)cc1.